The van der Waals surface area contributed by atoms with E-state index in [-0.39, 0.29) is 29.3 Å². The zero-order chi connectivity index (χ0) is 15.4. The van der Waals surface area contributed by atoms with E-state index < -0.39 is 5.97 Å². The summed E-state index contributed by atoms with van der Waals surface area (Å²) in [6.45, 7) is 1.96. The molecule has 0 unspecified atom stereocenters. The minimum absolute atomic E-state index is 0.00145. The van der Waals surface area contributed by atoms with Crippen LogP contribution in [0.5, 0.6) is 5.75 Å². The molecule has 21 heavy (non-hydrogen) atoms. The number of hydrogen-bond acceptors (Lipinski definition) is 3. The molecule has 0 aliphatic heterocycles. The van der Waals surface area contributed by atoms with Gasteiger partial charge in [-0.1, -0.05) is 29.8 Å². The Balaban J connectivity index is 2.10. The number of aryl methyl sites for hydroxylation is 1. The molecule has 0 spiro atoms. The molecule has 5 heteroatoms. The van der Waals surface area contributed by atoms with Gasteiger partial charge in [0, 0.05) is 0 Å². The molecular weight excluding hydrogens is 270 g/mol. The van der Waals surface area contributed by atoms with E-state index in [9.17, 15) is 14.7 Å². The molecule has 0 saturated carbocycles. The number of amides is 1. The molecule has 0 aromatic heterocycles. The van der Waals surface area contributed by atoms with Crippen LogP contribution in [0.1, 0.15) is 21.5 Å². The Labute approximate surface area is 121 Å². The number of anilines is 1. The van der Waals surface area contributed by atoms with Crippen molar-refractivity contribution in [3.8, 4) is 5.75 Å². The predicted molar refractivity (Wildman–Crippen MR) is 78.6 cm³/mol. The van der Waals surface area contributed by atoms with Gasteiger partial charge in [-0.25, -0.2) is 4.79 Å². The van der Waals surface area contributed by atoms with Gasteiger partial charge >= 0.3 is 5.97 Å². The number of benzene rings is 2. The van der Waals surface area contributed by atoms with E-state index in [2.05, 4.69) is 5.32 Å². The van der Waals surface area contributed by atoms with Crippen LogP contribution in [0.2, 0.25) is 0 Å². The normalized spacial score (nSPS) is 10.1. The summed E-state index contributed by atoms with van der Waals surface area (Å²) in [6.07, 6.45) is 0.150. The molecule has 1 amide bonds. The number of phenolic OH excluding ortho intramolecular Hbond substituents is 1. The number of phenols is 1. The summed E-state index contributed by atoms with van der Waals surface area (Å²) in [4.78, 5) is 22.8. The zero-order valence-electron chi connectivity index (χ0n) is 11.5. The minimum Gasteiger partial charge on any atom is -0.506 e. The number of rotatable bonds is 4. The predicted octanol–water partition coefficient (Wildman–Crippen LogP) is 2.58. The number of carboxylic acids is 1. The maximum atomic E-state index is 11.9. The van der Waals surface area contributed by atoms with Crippen LogP contribution in [0, 0.1) is 6.92 Å². The first kappa shape index (κ1) is 14.6. The maximum Gasteiger partial charge on any atom is 0.335 e. The Kier molecular flexibility index (Phi) is 4.23. The smallest absolute Gasteiger partial charge is 0.335 e. The van der Waals surface area contributed by atoms with Gasteiger partial charge in [-0.15, -0.1) is 0 Å². The quantitative estimate of drug-likeness (QED) is 0.753. The Bertz CT molecular complexity index is 677. The third-order valence-electron chi connectivity index (χ3n) is 3.00. The summed E-state index contributed by atoms with van der Waals surface area (Å²) in [5.74, 6) is -1.61. The summed E-state index contributed by atoms with van der Waals surface area (Å²) < 4.78 is 0. The molecule has 2 aromatic carbocycles. The van der Waals surface area contributed by atoms with Crippen molar-refractivity contribution in [2.45, 2.75) is 13.3 Å². The fraction of sp³-hybridized carbons (Fsp3) is 0.125. The van der Waals surface area contributed by atoms with Gasteiger partial charge in [0.15, 0.2) is 0 Å². The molecule has 3 N–H and O–H groups in total. The Hall–Kier alpha value is -2.82. The van der Waals surface area contributed by atoms with Crippen LogP contribution in [-0.2, 0) is 11.2 Å². The van der Waals surface area contributed by atoms with Crippen molar-refractivity contribution < 1.29 is 19.8 Å². The van der Waals surface area contributed by atoms with Crippen molar-refractivity contribution in [1.82, 2.24) is 0 Å². The van der Waals surface area contributed by atoms with Crippen LogP contribution in [0.25, 0.3) is 0 Å². The molecular formula is C16H15NO4. The molecule has 0 saturated heterocycles. The molecule has 5 nitrogen and oxygen atoms in total. The number of aromatic carboxylic acids is 1. The third kappa shape index (κ3) is 3.82. The van der Waals surface area contributed by atoms with Gasteiger partial charge < -0.3 is 15.5 Å². The second-order valence-electron chi connectivity index (χ2n) is 4.75. The lowest BCUT2D eigenvalue weighted by Crippen LogP contribution is -2.15. The lowest BCUT2D eigenvalue weighted by Gasteiger charge is -2.08. The van der Waals surface area contributed by atoms with Crippen molar-refractivity contribution in [3.63, 3.8) is 0 Å². The number of carboxylic acid groups (broad SMARTS) is 1. The van der Waals surface area contributed by atoms with Gasteiger partial charge in [-0.3, -0.25) is 4.79 Å². The first-order valence-corrected chi connectivity index (χ1v) is 6.37. The highest BCUT2D eigenvalue weighted by atomic mass is 16.4. The van der Waals surface area contributed by atoms with Crippen LogP contribution in [-0.4, -0.2) is 22.1 Å². The fourth-order valence-corrected chi connectivity index (χ4v) is 1.85. The standard InChI is InChI=1S/C16H15NO4/c1-10-2-4-11(5-3-10)8-15(19)17-13-9-12(16(20)21)6-7-14(13)18/h2-7,9,18H,8H2,1H3,(H,17,19)(H,20,21). The van der Waals surface area contributed by atoms with Crippen LogP contribution in [0.15, 0.2) is 42.5 Å². The first-order valence-electron chi connectivity index (χ1n) is 6.37. The van der Waals surface area contributed by atoms with E-state index in [4.69, 9.17) is 5.11 Å². The zero-order valence-corrected chi connectivity index (χ0v) is 11.5. The van der Waals surface area contributed by atoms with Crippen LogP contribution in [0.3, 0.4) is 0 Å². The molecule has 2 aromatic rings. The van der Waals surface area contributed by atoms with E-state index >= 15 is 0 Å². The molecule has 108 valence electrons. The number of nitrogens with one attached hydrogen (secondary N) is 1. The van der Waals surface area contributed by atoms with Crippen molar-refractivity contribution >= 4 is 17.6 Å². The van der Waals surface area contributed by atoms with Gasteiger partial charge in [0.25, 0.3) is 0 Å². The SMILES string of the molecule is Cc1ccc(CC(=O)Nc2cc(C(=O)O)ccc2O)cc1. The lowest BCUT2D eigenvalue weighted by atomic mass is 10.1. The molecule has 0 aliphatic carbocycles. The maximum absolute atomic E-state index is 11.9. The number of aromatic hydroxyl groups is 1. The molecule has 0 radical (unpaired) electrons. The molecule has 0 bridgehead atoms. The second kappa shape index (κ2) is 6.09. The van der Waals surface area contributed by atoms with E-state index in [0.717, 1.165) is 11.1 Å². The third-order valence-corrected chi connectivity index (χ3v) is 3.00. The fourth-order valence-electron chi connectivity index (χ4n) is 1.85. The Morgan fingerprint density at radius 1 is 1.10 bits per heavy atom. The second-order valence-corrected chi connectivity index (χ2v) is 4.75. The van der Waals surface area contributed by atoms with E-state index in [1.807, 2.05) is 31.2 Å². The van der Waals surface area contributed by atoms with Gasteiger partial charge in [-0.05, 0) is 30.7 Å². The summed E-state index contributed by atoms with van der Waals surface area (Å²) in [6, 6.07) is 11.3. The molecule has 0 heterocycles. The summed E-state index contributed by atoms with van der Waals surface area (Å²) in [5.41, 5.74) is 2.03. The average molecular weight is 285 g/mol. The Morgan fingerprint density at radius 2 is 1.76 bits per heavy atom. The molecule has 0 aliphatic rings. The van der Waals surface area contributed by atoms with E-state index in [0.29, 0.717) is 0 Å². The van der Waals surface area contributed by atoms with Crippen molar-refractivity contribution in [2.75, 3.05) is 5.32 Å². The highest BCUT2D eigenvalue weighted by Crippen LogP contribution is 2.24. The highest BCUT2D eigenvalue weighted by molar-refractivity contribution is 5.96. The van der Waals surface area contributed by atoms with Gasteiger partial charge in [0.05, 0.1) is 17.7 Å². The monoisotopic (exact) mass is 285 g/mol. The average Bonchev–Trinajstić information content (AvgIpc) is 2.43. The van der Waals surface area contributed by atoms with Gasteiger partial charge in [-0.2, -0.15) is 0 Å². The van der Waals surface area contributed by atoms with Crippen molar-refractivity contribution in [3.05, 3.63) is 59.2 Å². The summed E-state index contributed by atoms with van der Waals surface area (Å²) >= 11 is 0. The molecule has 2 rings (SSSR count). The highest BCUT2D eigenvalue weighted by Gasteiger charge is 2.11. The van der Waals surface area contributed by atoms with Crippen LogP contribution >= 0.6 is 0 Å². The largest absolute Gasteiger partial charge is 0.506 e. The minimum atomic E-state index is -1.12. The van der Waals surface area contributed by atoms with Crippen molar-refractivity contribution in [2.24, 2.45) is 0 Å². The summed E-state index contributed by atoms with van der Waals surface area (Å²) in [5, 5.41) is 21.1. The first-order chi connectivity index (χ1) is 9.95. The van der Waals surface area contributed by atoms with Crippen molar-refractivity contribution in [1.29, 1.82) is 0 Å². The molecule has 0 atom stereocenters. The van der Waals surface area contributed by atoms with E-state index in [1.54, 1.807) is 0 Å². The van der Waals surface area contributed by atoms with E-state index in [1.165, 1.54) is 18.2 Å². The number of carbonyl (C=O) groups excluding carboxylic acids is 1. The van der Waals surface area contributed by atoms with Gasteiger partial charge in [0.2, 0.25) is 5.91 Å². The topological polar surface area (TPSA) is 86.6 Å². The summed E-state index contributed by atoms with van der Waals surface area (Å²) in [7, 11) is 0. The lowest BCUT2D eigenvalue weighted by molar-refractivity contribution is -0.115. The molecule has 0 fully saturated rings. The van der Waals surface area contributed by atoms with Crippen LogP contribution in [0.4, 0.5) is 5.69 Å². The van der Waals surface area contributed by atoms with Crippen LogP contribution < -0.4 is 5.32 Å². The van der Waals surface area contributed by atoms with Gasteiger partial charge in [0.1, 0.15) is 5.75 Å². The number of carbonyl (C=O) groups is 2. The Morgan fingerprint density at radius 3 is 2.38 bits per heavy atom. The number of hydrogen-bond donors (Lipinski definition) is 3.